The molecular weight excluding hydrogens is 388 g/mol. The van der Waals surface area contributed by atoms with E-state index in [-0.39, 0.29) is 5.41 Å². The van der Waals surface area contributed by atoms with Crippen molar-refractivity contribution in [1.82, 2.24) is 9.55 Å². The molecule has 7 rings (SSSR count). The van der Waals surface area contributed by atoms with E-state index in [9.17, 15) is 0 Å². The minimum absolute atomic E-state index is 0.0889. The van der Waals surface area contributed by atoms with Crippen LogP contribution in [0, 0.1) is 0 Å². The Labute approximate surface area is 186 Å². The predicted molar refractivity (Wildman–Crippen MR) is 134 cm³/mol. The SMILES string of the molecule is CC1(C)c2ccccc2-c2ccc3c4ncccc4n(-c4ccc5ccccc5c4)c3c21. The Morgan fingerprint density at radius 1 is 0.719 bits per heavy atom. The van der Waals surface area contributed by atoms with Crippen LogP contribution in [0.4, 0.5) is 0 Å². The molecule has 4 aromatic carbocycles. The van der Waals surface area contributed by atoms with Crippen molar-refractivity contribution in [3.8, 4) is 16.8 Å². The van der Waals surface area contributed by atoms with Crippen LogP contribution in [0.5, 0.6) is 0 Å². The van der Waals surface area contributed by atoms with E-state index in [2.05, 4.69) is 103 Å². The summed E-state index contributed by atoms with van der Waals surface area (Å²) >= 11 is 0. The van der Waals surface area contributed by atoms with E-state index in [1.165, 1.54) is 49.6 Å². The molecule has 2 heteroatoms. The molecule has 0 unspecified atom stereocenters. The quantitative estimate of drug-likeness (QED) is 0.272. The number of pyridine rings is 1. The van der Waals surface area contributed by atoms with Crippen LogP contribution in [0.2, 0.25) is 0 Å². The molecule has 1 aliphatic rings. The van der Waals surface area contributed by atoms with Gasteiger partial charge in [-0.3, -0.25) is 4.98 Å². The van der Waals surface area contributed by atoms with Gasteiger partial charge in [-0.2, -0.15) is 0 Å². The smallest absolute Gasteiger partial charge is 0.0963 e. The lowest BCUT2D eigenvalue weighted by molar-refractivity contribution is 0.664. The van der Waals surface area contributed by atoms with Crippen LogP contribution in [-0.2, 0) is 5.41 Å². The number of rotatable bonds is 1. The predicted octanol–water partition coefficient (Wildman–Crippen LogP) is 7.64. The molecule has 0 fully saturated rings. The van der Waals surface area contributed by atoms with E-state index in [0.29, 0.717) is 0 Å². The molecule has 152 valence electrons. The summed E-state index contributed by atoms with van der Waals surface area (Å²) in [4.78, 5) is 4.82. The van der Waals surface area contributed by atoms with Crippen molar-refractivity contribution in [3.05, 3.63) is 108 Å². The summed E-state index contributed by atoms with van der Waals surface area (Å²) in [5.41, 5.74) is 10.0. The fourth-order valence-electron chi connectivity index (χ4n) is 5.76. The first-order valence-corrected chi connectivity index (χ1v) is 11.2. The Morgan fingerprint density at radius 2 is 1.53 bits per heavy atom. The van der Waals surface area contributed by atoms with Gasteiger partial charge >= 0.3 is 0 Å². The van der Waals surface area contributed by atoms with E-state index in [4.69, 9.17) is 4.98 Å². The van der Waals surface area contributed by atoms with E-state index in [1.54, 1.807) is 0 Å². The standard InChI is InChI=1S/C30H22N2/c1-30(2)25-11-6-5-10-22(25)23-15-16-24-28-26(12-7-17-31-28)32(29(24)27(23)30)21-14-13-19-8-3-4-9-20(19)18-21/h3-18H,1-2H3. The molecule has 0 saturated carbocycles. The topological polar surface area (TPSA) is 17.8 Å². The summed E-state index contributed by atoms with van der Waals surface area (Å²) in [5, 5.41) is 3.72. The highest BCUT2D eigenvalue weighted by Gasteiger charge is 2.38. The molecule has 0 aliphatic heterocycles. The Bertz CT molecular complexity index is 1700. The summed E-state index contributed by atoms with van der Waals surface area (Å²) < 4.78 is 2.43. The zero-order valence-corrected chi connectivity index (χ0v) is 18.1. The number of benzene rings is 4. The van der Waals surface area contributed by atoms with Gasteiger partial charge in [0, 0.05) is 22.7 Å². The van der Waals surface area contributed by atoms with Crippen molar-refractivity contribution >= 4 is 32.7 Å². The molecule has 2 nitrogen and oxygen atoms in total. The van der Waals surface area contributed by atoms with Crippen molar-refractivity contribution in [2.75, 3.05) is 0 Å². The molecule has 0 atom stereocenters. The summed E-state index contributed by atoms with van der Waals surface area (Å²) in [5.74, 6) is 0. The van der Waals surface area contributed by atoms with Gasteiger partial charge in [0.05, 0.1) is 16.6 Å². The minimum atomic E-state index is -0.0889. The van der Waals surface area contributed by atoms with Crippen LogP contribution in [0.25, 0.3) is 49.5 Å². The third-order valence-corrected chi connectivity index (χ3v) is 7.19. The number of fused-ring (bicyclic) bond motifs is 8. The van der Waals surface area contributed by atoms with Crippen LogP contribution in [-0.4, -0.2) is 9.55 Å². The van der Waals surface area contributed by atoms with Crippen LogP contribution >= 0.6 is 0 Å². The third-order valence-electron chi connectivity index (χ3n) is 7.19. The van der Waals surface area contributed by atoms with E-state index < -0.39 is 0 Å². The highest BCUT2D eigenvalue weighted by Crippen LogP contribution is 2.52. The number of aromatic nitrogens is 2. The molecule has 2 heterocycles. The highest BCUT2D eigenvalue weighted by atomic mass is 15.0. The number of hydrogen-bond acceptors (Lipinski definition) is 1. The monoisotopic (exact) mass is 410 g/mol. The second kappa shape index (κ2) is 6.08. The molecule has 0 radical (unpaired) electrons. The first kappa shape index (κ1) is 17.7. The minimum Gasteiger partial charge on any atom is -0.307 e. The average molecular weight is 411 g/mol. The third kappa shape index (κ3) is 2.17. The van der Waals surface area contributed by atoms with Crippen molar-refractivity contribution in [2.45, 2.75) is 19.3 Å². The fourth-order valence-corrected chi connectivity index (χ4v) is 5.76. The molecule has 0 saturated heterocycles. The van der Waals surface area contributed by atoms with Crippen molar-refractivity contribution in [2.24, 2.45) is 0 Å². The maximum Gasteiger partial charge on any atom is 0.0963 e. The second-order valence-corrected chi connectivity index (χ2v) is 9.29. The lowest BCUT2D eigenvalue weighted by Gasteiger charge is -2.23. The molecule has 0 amide bonds. The molecule has 0 spiro atoms. The van der Waals surface area contributed by atoms with Gasteiger partial charge in [0.25, 0.3) is 0 Å². The number of hydrogen-bond donors (Lipinski definition) is 0. The second-order valence-electron chi connectivity index (χ2n) is 9.29. The average Bonchev–Trinajstić information content (AvgIpc) is 3.28. The molecule has 0 N–H and O–H groups in total. The van der Waals surface area contributed by atoms with Crippen LogP contribution < -0.4 is 0 Å². The lowest BCUT2D eigenvalue weighted by atomic mass is 9.81. The van der Waals surface area contributed by atoms with Gasteiger partial charge in [-0.25, -0.2) is 0 Å². The first-order chi connectivity index (χ1) is 15.6. The summed E-state index contributed by atoms with van der Waals surface area (Å²) in [6, 6.07) is 33.0. The van der Waals surface area contributed by atoms with Crippen LogP contribution in [0.3, 0.4) is 0 Å². The summed E-state index contributed by atoms with van der Waals surface area (Å²) in [7, 11) is 0. The van der Waals surface area contributed by atoms with E-state index >= 15 is 0 Å². The zero-order chi connectivity index (χ0) is 21.4. The highest BCUT2D eigenvalue weighted by molar-refractivity contribution is 6.11. The molecular formula is C30H22N2. The van der Waals surface area contributed by atoms with Gasteiger partial charge in [-0.1, -0.05) is 74.5 Å². The van der Waals surface area contributed by atoms with Gasteiger partial charge in [-0.15, -0.1) is 0 Å². The van der Waals surface area contributed by atoms with E-state index in [1.807, 2.05) is 12.3 Å². The molecule has 1 aliphatic carbocycles. The molecule has 6 aromatic rings. The number of nitrogens with zero attached hydrogens (tertiary/aromatic N) is 2. The molecule has 32 heavy (non-hydrogen) atoms. The Balaban J connectivity index is 1.68. The largest absolute Gasteiger partial charge is 0.307 e. The summed E-state index contributed by atoms with van der Waals surface area (Å²) in [6.45, 7) is 4.71. The van der Waals surface area contributed by atoms with Gasteiger partial charge in [0.1, 0.15) is 0 Å². The Morgan fingerprint density at radius 3 is 2.44 bits per heavy atom. The first-order valence-electron chi connectivity index (χ1n) is 11.2. The summed E-state index contributed by atoms with van der Waals surface area (Å²) in [6.07, 6.45) is 1.90. The van der Waals surface area contributed by atoms with Crippen molar-refractivity contribution in [3.63, 3.8) is 0 Å². The van der Waals surface area contributed by atoms with E-state index in [0.717, 1.165) is 11.0 Å². The van der Waals surface area contributed by atoms with Gasteiger partial charge in [0.15, 0.2) is 0 Å². The zero-order valence-electron chi connectivity index (χ0n) is 18.1. The molecule has 2 aromatic heterocycles. The van der Waals surface area contributed by atoms with Gasteiger partial charge in [0.2, 0.25) is 0 Å². The Kier molecular flexibility index (Phi) is 3.37. The fraction of sp³-hybridized carbons (Fsp3) is 0.100. The van der Waals surface area contributed by atoms with Gasteiger partial charge in [-0.05, 0) is 63.4 Å². The normalized spacial score (nSPS) is 14.2. The van der Waals surface area contributed by atoms with Crippen molar-refractivity contribution in [1.29, 1.82) is 0 Å². The van der Waals surface area contributed by atoms with Crippen molar-refractivity contribution < 1.29 is 0 Å². The maximum atomic E-state index is 4.82. The van der Waals surface area contributed by atoms with Crippen LogP contribution in [0.1, 0.15) is 25.0 Å². The maximum absolute atomic E-state index is 4.82. The molecule has 0 bridgehead atoms. The lowest BCUT2D eigenvalue weighted by Crippen LogP contribution is -2.16. The van der Waals surface area contributed by atoms with Crippen LogP contribution in [0.15, 0.2) is 97.2 Å². The Hall–Kier alpha value is -3.91. The van der Waals surface area contributed by atoms with Gasteiger partial charge < -0.3 is 4.57 Å².